The van der Waals surface area contributed by atoms with Gasteiger partial charge in [0.2, 0.25) is 11.6 Å². The highest BCUT2D eigenvalue weighted by atomic mass is 16.3. The second-order valence-corrected chi connectivity index (χ2v) is 13.1. The van der Waals surface area contributed by atoms with Gasteiger partial charge in [-0.15, -0.1) is 0 Å². The molecule has 2 aromatic heterocycles. The van der Waals surface area contributed by atoms with Gasteiger partial charge in [-0.05, 0) is 72.2 Å². The minimum Gasteiger partial charge on any atom is -0.507 e. The van der Waals surface area contributed by atoms with Gasteiger partial charge in [0.05, 0.1) is 34.9 Å². The number of Topliss-reactive ketones (excluding diaryl/α,β-unsaturated/α-hetero) is 2. The molecule has 10 nitrogen and oxygen atoms in total. The van der Waals surface area contributed by atoms with Crippen LogP contribution in [-0.2, 0) is 9.59 Å². The number of hydrogen-bond donors (Lipinski definition) is 6. The summed E-state index contributed by atoms with van der Waals surface area (Å²) in [5, 5.41) is 52.9. The first kappa shape index (κ1) is 33.7. The molecule has 0 aliphatic heterocycles. The van der Waals surface area contributed by atoms with Crippen LogP contribution in [-0.4, -0.2) is 42.0 Å². The number of anilines is 2. The van der Waals surface area contributed by atoms with Crippen molar-refractivity contribution in [2.24, 2.45) is 11.8 Å². The van der Waals surface area contributed by atoms with Crippen molar-refractivity contribution in [3.05, 3.63) is 118 Å². The summed E-state index contributed by atoms with van der Waals surface area (Å²) in [5.74, 6) is -3.26. The molecular weight excluding hydrogens is 632 g/mol. The summed E-state index contributed by atoms with van der Waals surface area (Å²) in [4.78, 5) is 35.7. The number of fused-ring (bicyclic) bond motifs is 2. The van der Waals surface area contributed by atoms with Crippen molar-refractivity contribution < 1.29 is 30.0 Å². The summed E-state index contributed by atoms with van der Waals surface area (Å²) in [5.41, 5.74) is 4.96. The number of carbonyl (C=O) groups is 2. The zero-order valence-corrected chi connectivity index (χ0v) is 28.6. The van der Waals surface area contributed by atoms with E-state index in [-0.39, 0.29) is 56.7 Å². The molecule has 50 heavy (non-hydrogen) atoms. The minimum absolute atomic E-state index is 0.0194. The van der Waals surface area contributed by atoms with E-state index in [1.54, 1.807) is 75.0 Å². The zero-order chi connectivity index (χ0) is 36.0. The largest absolute Gasteiger partial charge is 0.507 e. The maximum absolute atomic E-state index is 13.8. The van der Waals surface area contributed by atoms with Crippen LogP contribution in [0, 0.1) is 25.7 Å². The SMILES string of the molecule is Cc1cc2c(c(O)c1-c1c(C)cc3c(c1O)C(=CNc1cccnc1)C(=O)C(O)=C3C(C)C)C(=CNc1cccnc1)C(=O)C(O)=C2C(C)C. The lowest BCUT2D eigenvalue weighted by Gasteiger charge is -2.29. The van der Waals surface area contributed by atoms with Gasteiger partial charge < -0.3 is 31.1 Å². The van der Waals surface area contributed by atoms with E-state index in [9.17, 15) is 30.0 Å². The highest BCUT2D eigenvalue weighted by molar-refractivity contribution is 6.35. The molecule has 0 spiro atoms. The molecule has 0 unspecified atom stereocenters. The number of hydrogen-bond acceptors (Lipinski definition) is 10. The number of aromatic nitrogens is 2. The average molecular weight is 671 g/mol. The number of aromatic hydroxyl groups is 2. The number of benzene rings is 2. The summed E-state index contributed by atoms with van der Waals surface area (Å²) in [6.07, 6.45) is 9.22. The number of allylic oxidation sites excluding steroid dienone is 4. The minimum atomic E-state index is -0.673. The van der Waals surface area contributed by atoms with Crippen LogP contribution in [0.2, 0.25) is 0 Å². The van der Waals surface area contributed by atoms with E-state index >= 15 is 0 Å². The predicted molar refractivity (Wildman–Crippen MR) is 195 cm³/mol. The quantitative estimate of drug-likeness (QED) is 0.106. The number of aliphatic hydroxyl groups is 2. The van der Waals surface area contributed by atoms with E-state index in [0.29, 0.717) is 44.8 Å². The van der Waals surface area contributed by atoms with Crippen LogP contribution in [0.1, 0.15) is 61.1 Å². The average Bonchev–Trinajstić information content (AvgIpc) is 3.07. The second kappa shape index (κ2) is 13.0. The lowest BCUT2D eigenvalue weighted by atomic mass is 9.75. The molecule has 10 heteroatoms. The Labute approximate surface area is 289 Å². The number of rotatable bonds is 7. The van der Waals surface area contributed by atoms with Gasteiger partial charge in [-0.2, -0.15) is 0 Å². The number of nitrogens with zero attached hydrogens (tertiary/aromatic N) is 2. The smallest absolute Gasteiger partial charge is 0.229 e. The van der Waals surface area contributed by atoms with Crippen molar-refractivity contribution in [2.75, 3.05) is 10.6 Å². The van der Waals surface area contributed by atoms with Gasteiger partial charge in [0.1, 0.15) is 11.5 Å². The van der Waals surface area contributed by atoms with E-state index in [1.165, 1.54) is 12.4 Å². The molecule has 0 saturated carbocycles. The molecule has 0 bridgehead atoms. The van der Waals surface area contributed by atoms with Crippen LogP contribution in [0.4, 0.5) is 11.4 Å². The fourth-order valence-electron chi connectivity index (χ4n) is 6.84. The summed E-state index contributed by atoms with van der Waals surface area (Å²) in [6, 6.07) is 10.5. The molecule has 6 N–H and O–H groups in total. The first-order chi connectivity index (χ1) is 23.8. The van der Waals surface area contributed by atoms with Crippen molar-refractivity contribution >= 4 is 45.2 Å². The lowest BCUT2D eigenvalue weighted by molar-refractivity contribution is -0.113. The van der Waals surface area contributed by atoms with E-state index in [4.69, 9.17) is 0 Å². The standard InChI is InChI=1S/C40H38N4O6/c1-19(2)29-25-13-21(5)31(37(47)33(25)27(35(45)39(29)49)17-43-23-9-7-11-41-15-23)32-22(6)14-26-30(20(3)4)40(50)36(46)28(34(26)38(32)48)18-44-24-10-8-12-42-16-24/h7-20,43-44,47-50H,1-6H3. The molecular formula is C40H38N4O6. The van der Waals surface area contributed by atoms with Crippen LogP contribution >= 0.6 is 0 Å². The highest BCUT2D eigenvalue weighted by Crippen LogP contribution is 2.53. The van der Waals surface area contributed by atoms with Crippen molar-refractivity contribution in [2.45, 2.75) is 41.5 Å². The van der Waals surface area contributed by atoms with E-state index < -0.39 is 23.1 Å². The maximum atomic E-state index is 13.8. The van der Waals surface area contributed by atoms with Crippen molar-refractivity contribution in [1.82, 2.24) is 9.97 Å². The third-order valence-electron chi connectivity index (χ3n) is 9.04. The highest BCUT2D eigenvalue weighted by Gasteiger charge is 2.38. The lowest BCUT2D eigenvalue weighted by Crippen LogP contribution is -2.20. The fraction of sp³-hybridized carbons (Fsp3) is 0.200. The Morgan fingerprint density at radius 3 is 1.32 bits per heavy atom. The normalized spacial score (nSPS) is 16.1. The molecule has 0 saturated heterocycles. The summed E-state index contributed by atoms with van der Waals surface area (Å²) in [7, 11) is 0. The molecule has 2 aromatic carbocycles. The number of ketones is 2. The van der Waals surface area contributed by atoms with Crippen molar-refractivity contribution in [3.63, 3.8) is 0 Å². The van der Waals surface area contributed by atoms with Crippen LogP contribution < -0.4 is 10.6 Å². The van der Waals surface area contributed by atoms with Crippen LogP contribution in [0.3, 0.4) is 0 Å². The Kier molecular flexibility index (Phi) is 8.80. The maximum Gasteiger partial charge on any atom is 0.229 e. The number of aliphatic hydroxyl groups excluding tert-OH is 2. The van der Waals surface area contributed by atoms with Gasteiger partial charge in [-0.1, -0.05) is 39.8 Å². The predicted octanol–water partition coefficient (Wildman–Crippen LogP) is 8.09. The number of nitrogens with one attached hydrogen (secondary N) is 2. The molecule has 0 radical (unpaired) electrons. The number of carbonyl (C=O) groups excluding carboxylic acids is 2. The second-order valence-electron chi connectivity index (χ2n) is 13.1. The molecule has 0 fully saturated rings. The van der Waals surface area contributed by atoms with Crippen LogP contribution in [0.5, 0.6) is 11.5 Å². The summed E-state index contributed by atoms with van der Waals surface area (Å²) >= 11 is 0. The van der Waals surface area contributed by atoms with Gasteiger partial charge in [0, 0.05) is 58.2 Å². The molecule has 6 rings (SSSR count). The number of pyridine rings is 2. The van der Waals surface area contributed by atoms with Gasteiger partial charge in [-0.3, -0.25) is 19.6 Å². The zero-order valence-electron chi connectivity index (χ0n) is 28.6. The topological polar surface area (TPSA) is 165 Å². The molecule has 254 valence electrons. The Morgan fingerprint density at radius 2 is 1.00 bits per heavy atom. The van der Waals surface area contributed by atoms with Crippen molar-refractivity contribution in [3.8, 4) is 22.6 Å². The first-order valence-electron chi connectivity index (χ1n) is 16.3. The molecule has 2 aliphatic rings. The fourth-order valence-corrected chi connectivity index (χ4v) is 6.84. The Morgan fingerprint density at radius 1 is 0.620 bits per heavy atom. The Balaban J connectivity index is 1.63. The molecule has 2 aliphatic carbocycles. The monoisotopic (exact) mass is 670 g/mol. The number of phenols is 2. The van der Waals surface area contributed by atoms with Gasteiger partial charge >= 0.3 is 0 Å². The van der Waals surface area contributed by atoms with Gasteiger partial charge in [0.25, 0.3) is 0 Å². The third-order valence-corrected chi connectivity index (χ3v) is 9.04. The number of phenolic OH excluding ortho intramolecular Hbond substituents is 2. The molecule has 2 heterocycles. The van der Waals surface area contributed by atoms with E-state index in [1.807, 2.05) is 27.7 Å². The Bertz CT molecular complexity index is 2040. The first-order valence-corrected chi connectivity index (χ1v) is 16.3. The van der Waals surface area contributed by atoms with Crippen LogP contribution in [0.25, 0.3) is 33.4 Å². The Hall–Kier alpha value is -6.16. The summed E-state index contributed by atoms with van der Waals surface area (Å²) in [6.45, 7) is 10.9. The third kappa shape index (κ3) is 5.58. The molecule has 0 atom stereocenters. The van der Waals surface area contributed by atoms with Crippen molar-refractivity contribution in [1.29, 1.82) is 0 Å². The van der Waals surface area contributed by atoms with E-state index in [0.717, 1.165) is 0 Å². The van der Waals surface area contributed by atoms with Gasteiger partial charge in [-0.25, -0.2) is 0 Å². The van der Waals surface area contributed by atoms with Crippen LogP contribution in [0.15, 0.2) is 85.1 Å². The molecule has 0 amide bonds. The molecule has 4 aromatic rings. The van der Waals surface area contributed by atoms with Gasteiger partial charge in [0.15, 0.2) is 11.5 Å². The van der Waals surface area contributed by atoms with E-state index in [2.05, 4.69) is 20.6 Å². The summed E-state index contributed by atoms with van der Waals surface area (Å²) < 4.78 is 0. The number of aryl methyl sites for hydroxylation is 2.